The van der Waals surface area contributed by atoms with Gasteiger partial charge in [-0.2, -0.15) is 0 Å². The highest BCUT2D eigenvalue weighted by Crippen LogP contribution is 2.41. The summed E-state index contributed by atoms with van der Waals surface area (Å²) >= 11 is 0. The number of fused-ring (bicyclic) bond motifs is 1. The third-order valence-electron chi connectivity index (χ3n) is 4.46. The van der Waals surface area contributed by atoms with Crippen LogP contribution in [-0.4, -0.2) is 21.6 Å². The first kappa shape index (κ1) is 16.6. The molecule has 6 nitrogen and oxygen atoms in total. The number of nitrogens with one attached hydrogen (secondary N) is 2. The number of hydrogen-bond acceptors (Lipinski definition) is 3. The summed E-state index contributed by atoms with van der Waals surface area (Å²) in [7, 11) is 0. The molecule has 2 aromatic rings. The predicted octanol–water partition coefficient (Wildman–Crippen LogP) is 3.19. The molecule has 1 aliphatic rings. The van der Waals surface area contributed by atoms with E-state index in [0.717, 1.165) is 29.9 Å². The fourth-order valence-electron chi connectivity index (χ4n) is 3.49. The maximum Gasteiger partial charge on any atom is 0.315 e. The summed E-state index contributed by atoms with van der Waals surface area (Å²) in [4.78, 5) is 16.4. The number of furan rings is 1. The van der Waals surface area contributed by atoms with E-state index in [0.29, 0.717) is 6.54 Å². The van der Waals surface area contributed by atoms with Crippen molar-refractivity contribution in [1.82, 2.24) is 20.2 Å². The Morgan fingerprint density at radius 1 is 1.54 bits per heavy atom. The minimum atomic E-state index is -0.143. The number of imidazole rings is 1. The maximum absolute atomic E-state index is 12.4. The zero-order valence-electron chi connectivity index (χ0n) is 14.8. The van der Waals surface area contributed by atoms with Gasteiger partial charge in [0, 0.05) is 37.0 Å². The van der Waals surface area contributed by atoms with E-state index in [1.54, 1.807) is 12.5 Å². The van der Waals surface area contributed by atoms with Gasteiger partial charge in [-0.3, -0.25) is 0 Å². The molecule has 0 saturated carbocycles. The van der Waals surface area contributed by atoms with Crippen LogP contribution in [0.25, 0.3) is 0 Å². The van der Waals surface area contributed by atoms with Crippen LogP contribution in [0.2, 0.25) is 0 Å². The number of aromatic nitrogens is 2. The molecule has 2 atom stereocenters. The van der Waals surface area contributed by atoms with Crippen molar-refractivity contribution in [2.24, 2.45) is 5.41 Å². The highest BCUT2D eigenvalue weighted by Gasteiger charge is 2.35. The number of nitrogens with zero attached hydrogens (tertiary/aromatic N) is 2. The second-order valence-corrected chi connectivity index (χ2v) is 7.61. The largest absolute Gasteiger partial charge is 0.466 e. The van der Waals surface area contributed by atoms with Crippen LogP contribution in [0, 0.1) is 12.3 Å². The first-order chi connectivity index (χ1) is 11.3. The predicted molar refractivity (Wildman–Crippen MR) is 91.6 cm³/mol. The molecular formula is C18H26N4O2. The molecule has 0 saturated heterocycles. The average Bonchev–Trinajstić information content (AvgIpc) is 3.06. The summed E-state index contributed by atoms with van der Waals surface area (Å²) in [6.07, 6.45) is 7.19. The molecule has 0 fully saturated rings. The fraction of sp³-hybridized carbons (Fsp3) is 0.556. The van der Waals surface area contributed by atoms with Gasteiger partial charge in [-0.1, -0.05) is 13.8 Å². The van der Waals surface area contributed by atoms with Crippen molar-refractivity contribution in [1.29, 1.82) is 0 Å². The second kappa shape index (κ2) is 6.34. The van der Waals surface area contributed by atoms with Gasteiger partial charge in [0.15, 0.2) is 0 Å². The van der Waals surface area contributed by atoms with Crippen LogP contribution in [0.3, 0.4) is 0 Å². The van der Waals surface area contributed by atoms with E-state index in [2.05, 4.69) is 29.5 Å². The minimum absolute atomic E-state index is 0.0124. The highest BCUT2D eigenvalue weighted by atomic mass is 16.3. The molecule has 2 N–H and O–H groups in total. The lowest BCUT2D eigenvalue weighted by Crippen LogP contribution is -2.45. The molecule has 130 valence electrons. The Hall–Kier alpha value is -2.24. The molecule has 0 aromatic carbocycles. The standard InChI is InChI=1S/C18H26N4O2/c1-12(10-22-6-5-19-11-22)20-17(23)21-15-8-18(3,4)9-16-14(15)7-13(2)24-16/h5-7,11-12,15H,8-10H2,1-4H3,(H2,20,21,23)/t12-,15+/m1/s1. The van der Waals surface area contributed by atoms with Crippen LogP contribution in [-0.2, 0) is 13.0 Å². The lowest BCUT2D eigenvalue weighted by molar-refractivity contribution is 0.211. The summed E-state index contributed by atoms with van der Waals surface area (Å²) in [5.74, 6) is 1.90. The van der Waals surface area contributed by atoms with Crippen LogP contribution in [0.5, 0.6) is 0 Å². The molecule has 6 heteroatoms. The molecule has 0 spiro atoms. The lowest BCUT2D eigenvalue weighted by atomic mass is 9.75. The molecule has 3 rings (SSSR count). The van der Waals surface area contributed by atoms with Crippen LogP contribution in [0.15, 0.2) is 29.2 Å². The molecule has 0 bridgehead atoms. The van der Waals surface area contributed by atoms with E-state index in [1.165, 1.54) is 0 Å². The Labute approximate surface area is 142 Å². The fourth-order valence-corrected chi connectivity index (χ4v) is 3.49. The van der Waals surface area contributed by atoms with E-state index in [4.69, 9.17) is 4.42 Å². The Morgan fingerprint density at radius 2 is 2.33 bits per heavy atom. The van der Waals surface area contributed by atoms with Gasteiger partial charge in [0.05, 0.1) is 12.4 Å². The van der Waals surface area contributed by atoms with Gasteiger partial charge >= 0.3 is 6.03 Å². The van der Waals surface area contributed by atoms with Gasteiger partial charge in [0.25, 0.3) is 0 Å². The van der Waals surface area contributed by atoms with Gasteiger partial charge in [0.2, 0.25) is 0 Å². The van der Waals surface area contributed by atoms with Crippen molar-refractivity contribution < 1.29 is 9.21 Å². The van der Waals surface area contributed by atoms with Crippen molar-refractivity contribution in [3.8, 4) is 0 Å². The quantitative estimate of drug-likeness (QED) is 0.904. The molecule has 0 aliphatic heterocycles. The third-order valence-corrected chi connectivity index (χ3v) is 4.46. The Bertz CT molecular complexity index is 703. The van der Waals surface area contributed by atoms with Crippen molar-refractivity contribution >= 4 is 6.03 Å². The summed E-state index contributed by atoms with van der Waals surface area (Å²) < 4.78 is 7.77. The van der Waals surface area contributed by atoms with Gasteiger partial charge < -0.3 is 19.6 Å². The SMILES string of the molecule is Cc1cc2c(o1)CC(C)(C)C[C@@H]2NC(=O)N[C@H](C)Cn1ccnc1. The van der Waals surface area contributed by atoms with Crippen molar-refractivity contribution in [2.45, 2.75) is 59.2 Å². The summed E-state index contributed by atoms with van der Waals surface area (Å²) in [5.41, 5.74) is 1.22. The second-order valence-electron chi connectivity index (χ2n) is 7.61. The molecule has 1 aliphatic carbocycles. The number of hydrogen-bond donors (Lipinski definition) is 2. The van der Waals surface area contributed by atoms with E-state index in [-0.39, 0.29) is 23.5 Å². The van der Waals surface area contributed by atoms with Crippen LogP contribution < -0.4 is 10.6 Å². The lowest BCUT2D eigenvalue weighted by Gasteiger charge is -2.34. The Kier molecular flexibility index (Phi) is 4.39. The van der Waals surface area contributed by atoms with E-state index >= 15 is 0 Å². The highest BCUT2D eigenvalue weighted by molar-refractivity contribution is 5.74. The average molecular weight is 330 g/mol. The number of urea groups is 1. The smallest absolute Gasteiger partial charge is 0.315 e. The summed E-state index contributed by atoms with van der Waals surface area (Å²) in [6.45, 7) is 9.05. The number of amides is 2. The minimum Gasteiger partial charge on any atom is -0.466 e. The normalized spacial score (nSPS) is 20.2. The number of rotatable bonds is 4. The molecule has 24 heavy (non-hydrogen) atoms. The molecule has 2 heterocycles. The van der Waals surface area contributed by atoms with Gasteiger partial charge in [-0.05, 0) is 31.7 Å². The monoisotopic (exact) mass is 330 g/mol. The van der Waals surface area contributed by atoms with Crippen molar-refractivity contribution in [3.05, 3.63) is 41.9 Å². The third kappa shape index (κ3) is 3.80. The Balaban J connectivity index is 1.63. The molecule has 0 radical (unpaired) electrons. The summed E-state index contributed by atoms with van der Waals surface area (Å²) in [6, 6.07) is 1.91. The molecule has 0 unspecified atom stereocenters. The van der Waals surface area contributed by atoms with Crippen LogP contribution >= 0.6 is 0 Å². The first-order valence-corrected chi connectivity index (χ1v) is 8.44. The van der Waals surface area contributed by atoms with Gasteiger partial charge in [0.1, 0.15) is 11.5 Å². The topological polar surface area (TPSA) is 72.1 Å². The molecular weight excluding hydrogens is 304 g/mol. The van der Waals surface area contributed by atoms with Crippen LogP contribution in [0.1, 0.15) is 50.3 Å². The van der Waals surface area contributed by atoms with Gasteiger partial charge in [-0.15, -0.1) is 0 Å². The summed E-state index contributed by atoms with van der Waals surface area (Å²) in [5, 5.41) is 6.12. The van der Waals surface area contributed by atoms with E-state index < -0.39 is 0 Å². The number of carbonyl (C=O) groups excluding carboxylic acids is 1. The van der Waals surface area contributed by atoms with Crippen molar-refractivity contribution in [3.63, 3.8) is 0 Å². The first-order valence-electron chi connectivity index (χ1n) is 8.44. The van der Waals surface area contributed by atoms with Crippen molar-refractivity contribution in [2.75, 3.05) is 0 Å². The van der Waals surface area contributed by atoms with E-state index in [9.17, 15) is 4.79 Å². The number of aryl methyl sites for hydroxylation is 1. The number of carbonyl (C=O) groups is 1. The molecule has 2 aromatic heterocycles. The maximum atomic E-state index is 12.4. The van der Waals surface area contributed by atoms with Gasteiger partial charge in [-0.25, -0.2) is 9.78 Å². The van der Waals surface area contributed by atoms with Crippen LogP contribution in [0.4, 0.5) is 4.79 Å². The Morgan fingerprint density at radius 3 is 3.04 bits per heavy atom. The zero-order valence-corrected chi connectivity index (χ0v) is 14.8. The van der Waals surface area contributed by atoms with E-state index in [1.807, 2.05) is 30.7 Å². The molecule has 2 amide bonds. The zero-order chi connectivity index (χ0) is 17.3.